The fraction of sp³-hybridized carbons (Fsp3) is 0.381. The van der Waals surface area contributed by atoms with E-state index in [2.05, 4.69) is 20.2 Å². The van der Waals surface area contributed by atoms with Crippen LogP contribution in [0.1, 0.15) is 16.9 Å². The van der Waals surface area contributed by atoms with E-state index in [1.54, 1.807) is 18.5 Å². The van der Waals surface area contributed by atoms with Gasteiger partial charge in [0.2, 0.25) is 0 Å². The molecule has 150 valence electrons. The Kier molecular flexibility index (Phi) is 4.89. The molecule has 1 amide bonds. The lowest BCUT2D eigenvalue weighted by Gasteiger charge is -2.33. The van der Waals surface area contributed by atoms with Crippen LogP contribution in [0.15, 0.2) is 30.6 Å². The molecule has 0 saturated carbocycles. The normalized spacial score (nSPS) is 16.9. The molecule has 1 saturated heterocycles. The van der Waals surface area contributed by atoms with Gasteiger partial charge in [-0.05, 0) is 49.1 Å². The number of benzene rings is 1. The Morgan fingerprint density at radius 1 is 1.17 bits per heavy atom. The number of anilines is 2. The fourth-order valence-electron chi connectivity index (χ4n) is 4.33. The topological polar surface area (TPSA) is 62.6 Å². The van der Waals surface area contributed by atoms with E-state index < -0.39 is 0 Å². The van der Waals surface area contributed by atoms with Crippen molar-refractivity contribution in [3.8, 4) is 0 Å². The maximum Gasteiger partial charge on any atom is 0.279 e. The molecule has 2 aromatic heterocycles. The van der Waals surface area contributed by atoms with Crippen molar-refractivity contribution in [2.24, 2.45) is 0 Å². The summed E-state index contributed by atoms with van der Waals surface area (Å²) in [5.41, 5.74) is 2.08. The first-order valence-electron chi connectivity index (χ1n) is 10.1. The lowest BCUT2D eigenvalue weighted by atomic mass is 10.1. The van der Waals surface area contributed by atoms with Gasteiger partial charge in [-0.1, -0.05) is 0 Å². The molecule has 0 spiro atoms. The molecule has 3 heterocycles. The molecule has 1 aromatic carbocycles. The number of quaternary nitrogens is 1. The predicted molar refractivity (Wildman–Crippen MR) is 112 cm³/mol. The molecule has 3 aromatic rings. The van der Waals surface area contributed by atoms with Gasteiger partial charge in [0.25, 0.3) is 5.91 Å². The van der Waals surface area contributed by atoms with Crippen LogP contribution in [-0.2, 0) is 17.6 Å². The monoisotopic (exact) mass is 412 g/mol. The molecule has 0 unspecified atom stereocenters. The van der Waals surface area contributed by atoms with E-state index >= 15 is 0 Å². The van der Waals surface area contributed by atoms with E-state index in [1.165, 1.54) is 39.3 Å². The van der Waals surface area contributed by atoms with E-state index in [1.807, 2.05) is 11.3 Å². The highest BCUT2D eigenvalue weighted by Gasteiger charge is 2.27. The van der Waals surface area contributed by atoms with Crippen LogP contribution in [0.5, 0.6) is 0 Å². The van der Waals surface area contributed by atoms with Crippen LogP contribution in [0.2, 0.25) is 0 Å². The van der Waals surface area contributed by atoms with Gasteiger partial charge in [-0.15, -0.1) is 11.3 Å². The number of nitrogens with one attached hydrogen (secondary N) is 2. The Bertz CT molecular complexity index is 1040. The van der Waals surface area contributed by atoms with Crippen molar-refractivity contribution >= 4 is 39.0 Å². The van der Waals surface area contributed by atoms with Crippen LogP contribution in [0, 0.1) is 5.82 Å². The maximum absolute atomic E-state index is 13.0. The Morgan fingerprint density at radius 2 is 1.97 bits per heavy atom. The van der Waals surface area contributed by atoms with Crippen molar-refractivity contribution in [2.45, 2.75) is 19.3 Å². The van der Waals surface area contributed by atoms with Crippen LogP contribution in [0.3, 0.4) is 0 Å². The standard InChI is InChI=1S/C21H22FN5OS/c22-14-4-6-15(7-5-14)25-18(28)12-26-8-10-27(11-9-26)20-19-16-2-1-3-17(16)29-21(19)24-13-23-20/h4-7,13H,1-3,8-12H2,(H,25,28)/p+1. The third-order valence-electron chi connectivity index (χ3n) is 5.79. The fourth-order valence-corrected chi connectivity index (χ4v) is 5.55. The lowest BCUT2D eigenvalue weighted by Crippen LogP contribution is -3.15. The summed E-state index contributed by atoms with van der Waals surface area (Å²) < 4.78 is 13.0. The third kappa shape index (κ3) is 3.70. The van der Waals surface area contributed by atoms with Gasteiger partial charge in [0.1, 0.15) is 22.8 Å². The van der Waals surface area contributed by atoms with E-state index in [0.717, 1.165) is 49.7 Å². The molecule has 1 aliphatic carbocycles. The number of aromatic nitrogens is 2. The molecule has 0 bridgehead atoms. The zero-order valence-corrected chi connectivity index (χ0v) is 16.9. The summed E-state index contributed by atoms with van der Waals surface area (Å²) in [6.07, 6.45) is 5.20. The Balaban J connectivity index is 1.22. The van der Waals surface area contributed by atoms with Crippen LogP contribution < -0.4 is 15.1 Å². The molecule has 5 rings (SSSR count). The van der Waals surface area contributed by atoms with Gasteiger partial charge in [0, 0.05) is 10.6 Å². The van der Waals surface area contributed by atoms with Crippen LogP contribution in [-0.4, -0.2) is 48.6 Å². The summed E-state index contributed by atoms with van der Waals surface area (Å²) in [5, 5.41) is 4.10. The molecule has 8 heteroatoms. The molecule has 2 aliphatic rings. The number of amides is 1. The minimum absolute atomic E-state index is 0.0415. The van der Waals surface area contributed by atoms with Gasteiger partial charge >= 0.3 is 0 Å². The zero-order valence-electron chi connectivity index (χ0n) is 16.1. The minimum Gasteiger partial charge on any atom is -0.345 e. The second kappa shape index (κ2) is 7.68. The second-order valence-corrected chi connectivity index (χ2v) is 8.79. The average molecular weight is 413 g/mol. The smallest absolute Gasteiger partial charge is 0.279 e. The quantitative estimate of drug-likeness (QED) is 0.684. The highest BCUT2D eigenvalue weighted by atomic mass is 32.1. The molecule has 6 nitrogen and oxygen atoms in total. The van der Waals surface area contributed by atoms with E-state index in [-0.39, 0.29) is 11.7 Å². The predicted octanol–water partition coefficient (Wildman–Crippen LogP) is 1.66. The number of hydrogen-bond donors (Lipinski definition) is 2. The molecule has 1 aliphatic heterocycles. The van der Waals surface area contributed by atoms with Crippen molar-refractivity contribution in [2.75, 3.05) is 42.9 Å². The van der Waals surface area contributed by atoms with Crippen LogP contribution in [0.4, 0.5) is 15.9 Å². The number of piperazine rings is 1. The second-order valence-electron chi connectivity index (χ2n) is 7.70. The summed E-state index contributed by atoms with van der Waals surface area (Å²) in [6, 6.07) is 5.87. The van der Waals surface area contributed by atoms with Crippen LogP contribution >= 0.6 is 11.3 Å². The molecule has 0 radical (unpaired) electrons. The van der Waals surface area contributed by atoms with Gasteiger partial charge in [-0.2, -0.15) is 0 Å². The molecular weight excluding hydrogens is 389 g/mol. The highest BCUT2D eigenvalue weighted by Crippen LogP contribution is 2.40. The van der Waals surface area contributed by atoms with Crippen molar-refractivity contribution in [3.05, 3.63) is 46.9 Å². The third-order valence-corrected chi connectivity index (χ3v) is 6.99. The zero-order chi connectivity index (χ0) is 19.8. The first-order chi connectivity index (χ1) is 14.2. The summed E-state index contributed by atoms with van der Waals surface area (Å²) in [4.78, 5) is 27.6. The van der Waals surface area contributed by atoms with Gasteiger partial charge in [-0.25, -0.2) is 14.4 Å². The average Bonchev–Trinajstić information content (AvgIpc) is 3.31. The SMILES string of the molecule is O=C(C[NH+]1CCN(c2ncnc3sc4c(c23)CCC4)CC1)Nc1ccc(F)cc1. The van der Waals surface area contributed by atoms with Gasteiger partial charge in [-0.3, -0.25) is 4.79 Å². The number of aryl methyl sites for hydroxylation is 2. The molecule has 1 fully saturated rings. The molecular formula is C21H23FN5OS+. The number of halogens is 1. The number of rotatable bonds is 4. The first-order valence-corrected chi connectivity index (χ1v) is 10.9. The number of fused-ring (bicyclic) bond motifs is 3. The van der Waals surface area contributed by atoms with Crippen molar-refractivity contribution in [1.82, 2.24) is 9.97 Å². The minimum atomic E-state index is -0.306. The van der Waals surface area contributed by atoms with E-state index in [0.29, 0.717) is 12.2 Å². The number of carbonyl (C=O) groups excluding carboxylic acids is 1. The highest BCUT2D eigenvalue weighted by molar-refractivity contribution is 7.19. The Hall–Kier alpha value is -2.58. The Morgan fingerprint density at radius 3 is 2.76 bits per heavy atom. The molecule has 0 atom stereocenters. The van der Waals surface area contributed by atoms with Crippen LogP contribution in [0.25, 0.3) is 10.2 Å². The van der Waals surface area contributed by atoms with E-state index in [4.69, 9.17) is 0 Å². The maximum atomic E-state index is 13.0. The van der Waals surface area contributed by atoms with Gasteiger partial charge < -0.3 is 15.1 Å². The largest absolute Gasteiger partial charge is 0.345 e. The number of nitrogens with zero attached hydrogens (tertiary/aromatic N) is 3. The van der Waals surface area contributed by atoms with Gasteiger partial charge in [0.15, 0.2) is 6.54 Å². The summed E-state index contributed by atoms with van der Waals surface area (Å²) in [6.45, 7) is 3.92. The summed E-state index contributed by atoms with van der Waals surface area (Å²) >= 11 is 1.82. The summed E-state index contributed by atoms with van der Waals surface area (Å²) in [5.74, 6) is 0.712. The van der Waals surface area contributed by atoms with Crippen molar-refractivity contribution in [3.63, 3.8) is 0 Å². The number of carbonyl (C=O) groups is 1. The molecule has 29 heavy (non-hydrogen) atoms. The number of hydrogen-bond acceptors (Lipinski definition) is 5. The Labute approximate surface area is 172 Å². The van der Waals surface area contributed by atoms with Gasteiger partial charge in [0.05, 0.1) is 31.6 Å². The number of thiophene rings is 1. The lowest BCUT2D eigenvalue weighted by molar-refractivity contribution is -0.892. The van der Waals surface area contributed by atoms with E-state index in [9.17, 15) is 9.18 Å². The molecule has 2 N–H and O–H groups in total. The summed E-state index contributed by atoms with van der Waals surface area (Å²) in [7, 11) is 0. The van der Waals surface area contributed by atoms with Crippen molar-refractivity contribution in [1.29, 1.82) is 0 Å². The first kappa shape index (κ1) is 18.4. The van der Waals surface area contributed by atoms with Crippen molar-refractivity contribution < 1.29 is 14.1 Å².